The van der Waals surface area contributed by atoms with E-state index in [4.69, 9.17) is 0 Å². The van der Waals surface area contributed by atoms with Crippen LogP contribution < -0.4 is 0 Å². The predicted octanol–water partition coefficient (Wildman–Crippen LogP) is 6.80. The van der Waals surface area contributed by atoms with Crippen molar-refractivity contribution < 1.29 is 0 Å². The van der Waals surface area contributed by atoms with Crippen molar-refractivity contribution in [1.82, 2.24) is 0 Å². The van der Waals surface area contributed by atoms with Crippen molar-refractivity contribution in [2.24, 2.45) is 0 Å². The molecule has 0 atom stereocenters. The maximum absolute atomic E-state index is 4.25. The van der Waals surface area contributed by atoms with Gasteiger partial charge in [-0.15, -0.1) is 0 Å². The lowest BCUT2D eigenvalue weighted by Crippen LogP contribution is -2.41. The van der Waals surface area contributed by atoms with E-state index in [-0.39, 0.29) is 10.8 Å². The Morgan fingerprint density at radius 3 is 1.57 bits per heavy atom. The van der Waals surface area contributed by atoms with Gasteiger partial charge in [-0.3, -0.25) is 0 Å². The van der Waals surface area contributed by atoms with Gasteiger partial charge in [0.15, 0.2) is 0 Å². The normalized spacial score (nSPS) is 17.6. The number of allylic oxidation sites excluding steroid dienone is 4. The van der Waals surface area contributed by atoms with Crippen LogP contribution in [0.15, 0.2) is 104 Å². The first kappa shape index (κ1) is 17.0. The van der Waals surface area contributed by atoms with E-state index >= 15 is 0 Å². The van der Waals surface area contributed by atoms with Gasteiger partial charge < -0.3 is 0 Å². The molecule has 2 aliphatic carbocycles. The van der Waals surface area contributed by atoms with Crippen LogP contribution in [0.5, 0.6) is 0 Å². The van der Waals surface area contributed by atoms with Gasteiger partial charge in [-0.2, -0.15) is 0 Å². The second-order valence-corrected chi connectivity index (χ2v) is 8.25. The number of hydrogen-bond donors (Lipinski definition) is 0. The molecule has 2 aliphatic rings. The van der Waals surface area contributed by atoms with Gasteiger partial charge in [0.2, 0.25) is 0 Å². The van der Waals surface area contributed by atoms with Gasteiger partial charge in [-0.1, -0.05) is 112 Å². The Hall–Kier alpha value is -3.12. The van der Waals surface area contributed by atoms with E-state index in [0.717, 1.165) is 0 Å². The lowest BCUT2D eigenvalue weighted by molar-refractivity contribution is 0.562. The highest BCUT2D eigenvalue weighted by Crippen LogP contribution is 2.61. The maximum atomic E-state index is 4.25. The fourth-order valence-corrected chi connectivity index (χ4v) is 5.60. The van der Waals surface area contributed by atoms with Gasteiger partial charge in [0, 0.05) is 5.41 Å². The van der Waals surface area contributed by atoms with Crippen LogP contribution in [0, 0.1) is 0 Å². The van der Waals surface area contributed by atoms with Crippen LogP contribution in [0.1, 0.15) is 47.2 Å². The summed E-state index contributed by atoms with van der Waals surface area (Å²) in [4.78, 5) is 0. The molecule has 0 radical (unpaired) electrons. The first-order chi connectivity index (χ1) is 13.6. The van der Waals surface area contributed by atoms with Crippen LogP contribution in [0.2, 0.25) is 0 Å². The van der Waals surface area contributed by atoms with Gasteiger partial charge in [-0.25, -0.2) is 0 Å². The van der Waals surface area contributed by atoms with E-state index in [2.05, 4.69) is 99.8 Å². The molecule has 0 heterocycles. The Morgan fingerprint density at radius 1 is 0.607 bits per heavy atom. The zero-order valence-electron chi connectivity index (χ0n) is 16.5. The van der Waals surface area contributed by atoms with Crippen LogP contribution in [0.3, 0.4) is 0 Å². The highest BCUT2D eigenvalue weighted by Gasteiger charge is 2.52. The highest BCUT2D eigenvalue weighted by atomic mass is 14.5. The Bertz CT molecular complexity index is 1120. The minimum Gasteiger partial charge on any atom is -0.0987 e. The molecule has 0 heteroatoms. The second-order valence-electron chi connectivity index (χ2n) is 8.25. The Kier molecular flexibility index (Phi) is 3.46. The Labute approximate surface area is 167 Å². The molecule has 0 N–H and O–H groups in total. The smallest absolute Gasteiger partial charge is 0.0719 e. The zero-order valence-corrected chi connectivity index (χ0v) is 16.5. The molecule has 0 fully saturated rings. The largest absolute Gasteiger partial charge is 0.0987 e. The molecule has 28 heavy (non-hydrogen) atoms. The Morgan fingerprint density at radius 2 is 1.07 bits per heavy atom. The summed E-state index contributed by atoms with van der Waals surface area (Å²) in [5, 5.41) is 0. The van der Waals surface area contributed by atoms with E-state index in [0.29, 0.717) is 0 Å². The lowest BCUT2D eigenvalue weighted by atomic mass is 9.55. The first-order valence-electron chi connectivity index (χ1n) is 9.88. The number of hydrogen-bond acceptors (Lipinski definition) is 0. The van der Waals surface area contributed by atoms with Crippen molar-refractivity contribution in [3.63, 3.8) is 0 Å². The van der Waals surface area contributed by atoms with Gasteiger partial charge >= 0.3 is 0 Å². The van der Waals surface area contributed by atoms with Crippen molar-refractivity contribution in [1.29, 1.82) is 0 Å². The lowest BCUT2D eigenvalue weighted by Gasteiger charge is -2.47. The molecule has 0 aliphatic heterocycles. The van der Waals surface area contributed by atoms with Gasteiger partial charge in [0.25, 0.3) is 0 Å². The summed E-state index contributed by atoms with van der Waals surface area (Å²) in [6.45, 7) is 13.1. The molecule has 0 unspecified atom stereocenters. The number of rotatable bonds is 2. The maximum Gasteiger partial charge on any atom is 0.0719 e. The van der Waals surface area contributed by atoms with E-state index in [9.17, 15) is 0 Å². The van der Waals surface area contributed by atoms with E-state index < -0.39 is 0 Å². The van der Waals surface area contributed by atoms with Crippen molar-refractivity contribution in [3.05, 3.63) is 137 Å². The fourth-order valence-electron chi connectivity index (χ4n) is 5.60. The van der Waals surface area contributed by atoms with Gasteiger partial charge in [-0.05, 0) is 44.5 Å². The van der Waals surface area contributed by atoms with Crippen molar-refractivity contribution >= 4 is 5.57 Å². The molecular formula is C28H24. The van der Waals surface area contributed by atoms with Crippen LogP contribution >= 0.6 is 0 Å². The predicted molar refractivity (Wildman–Crippen MR) is 119 cm³/mol. The third-order valence-corrected chi connectivity index (χ3v) is 6.73. The molecular weight excluding hydrogens is 336 g/mol. The zero-order chi connectivity index (χ0) is 19.5. The molecule has 136 valence electrons. The monoisotopic (exact) mass is 360 g/mol. The minimum atomic E-state index is -0.343. The molecule has 0 amide bonds. The summed E-state index contributed by atoms with van der Waals surface area (Å²) in [6, 6.07) is 26.6. The van der Waals surface area contributed by atoms with E-state index in [1.165, 1.54) is 44.5 Å². The SMILES string of the molecule is C=CC1=C(C=C)C2(c3ccccc31)c1ccccc1C(C)(C)c1ccccc12. The van der Waals surface area contributed by atoms with Gasteiger partial charge in [0.1, 0.15) is 0 Å². The molecule has 0 aromatic heterocycles. The van der Waals surface area contributed by atoms with E-state index in [1.54, 1.807) is 0 Å². The summed E-state index contributed by atoms with van der Waals surface area (Å²) in [5.41, 5.74) is 10.1. The summed E-state index contributed by atoms with van der Waals surface area (Å²) < 4.78 is 0. The van der Waals surface area contributed by atoms with Crippen LogP contribution in [0.4, 0.5) is 0 Å². The fraction of sp³-hybridized carbons (Fsp3) is 0.143. The highest BCUT2D eigenvalue weighted by molar-refractivity contribution is 5.92. The van der Waals surface area contributed by atoms with Crippen LogP contribution in [0.25, 0.3) is 5.57 Å². The third kappa shape index (κ3) is 1.81. The van der Waals surface area contributed by atoms with Crippen molar-refractivity contribution in [2.45, 2.75) is 24.7 Å². The number of benzene rings is 3. The molecule has 0 nitrogen and oxygen atoms in total. The molecule has 0 saturated carbocycles. The third-order valence-electron chi connectivity index (χ3n) is 6.73. The average molecular weight is 361 g/mol. The Balaban J connectivity index is 2.06. The number of fused-ring (bicyclic) bond motifs is 6. The molecule has 0 bridgehead atoms. The summed E-state index contributed by atoms with van der Waals surface area (Å²) in [6.07, 6.45) is 4.04. The molecule has 3 aromatic rings. The molecule has 5 rings (SSSR count). The summed E-state index contributed by atoms with van der Waals surface area (Å²) >= 11 is 0. The quantitative estimate of drug-likeness (QED) is 0.471. The summed E-state index contributed by atoms with van der Waals surface area (Å²) in [7, 11) is 0. The van der Waals surface area contributed by atoms with Crippen LogP contribution in [-0.2, 0) is 10.8 Å². The first-order valence-corrected chi connectivity index (χ1v) is 9.88. The standard InChI is InChI=1S/C28H24/c1-5-19-20-13-7-8-14-22(20)28(21(19)6-2)25-17-11-9-15-23(25)27(3,4)24-16-10-12-18-26(24)28/h5-18H,1-2H2,3-4H3. The topological polar surface area (TPSA) is 0 Å². The minimum absolute atomic E-state index is 0.0589. The van der Waals surface area contributed by atoms with Crippen LogP contribution in [-0.4, -0.2) is 0 Å². The average Bonchev–Trinajstić information content (AvgIpc) is 3.03. The molecule has 0 saturated heterocycles. The molecule has 1 spiro atoms. The molecule has 3 aromatic carbocycles. The second kappa shape index (κ2) is 5.69. The van der Waals surface area contributed by atoms with E-state index in [1.807, 2.05) is 12.2 Å². The van der Waals surface area contributed by atoms with Gasteiger partial charge in [0.05, 0.1) is 5.41 Å². The summed E-state index contributed by atoms with van der Waals surface area (Å²) in [5.74, 6) is 0. The van der Waals surface area contributed by atoms with Crippen molar-refractivity contribution in [2.75, 3.05) is 0 Å². The van der Waals surface area contributed by atoms with Crippen molar-refractivity contribution in [3.8, 4) is 0 Å².